The lowest BCUT2D eigenvalue weighted by molar-refractivity contribution is 0.112. The molecule has 0 saturated heterocycles. The maximum absolute atomic E-state index is 10.6. The summed E-state index contributed by atoms with van der Waals surface area (Å²) in [5.74, 6) is 0. The van der Waals surface area contributed by atoms with Crippen LogP contribution in [0.1, 0.15) is 9.67 Å². The van der Waals surface area contributed by atoms with Crippen LogP contribution in [0, 0.1) is 0 Å². The van der Waals surface area contributed by atoms with Gasteiger partial charge in [0, 0.05) is 5.56 Å². The van der Waals surface area contributed by atoms with Crippen molar-refractivity contribution >= 4 is 38.5 Å². The smallest absolute Gasteiger partial charge is 0.160 e. The summed E-state index contributed by atoms with van der Waals surface area (Å²) >= 11 is 3.14. The lowest BCUT2D eigenvalue weighted by Gasteiger charge is -1.92. The molecule has 0 atom stereocenters. The SMILES string of the molecule is O=Cc1cc2nc(-c3ccccc3)sc2s1. The van der Waals surface area contributed by atoms with Crippen LogP contribution in [0.25, 0.3) is 20.1 Å². The molecular formula is C12H7NOS2. The van der Waals surface area contributed by atoms with Gasteiger partial charge in [0.1, 0.15) is 9.02 Å². The van der Waals surface area contributed by atoms with Crippen LogP contribution in [0.2, 0.25) is 0 Å². The molecule has 0 aliphatic rings. The summed E-state index contributed by atoms with van der Waals surface area (Å²) in [5, 5.41) is 1.01. The largest absolute Gasteiger partial charge is 0.297 e. The molecule has 0 aliphatic carbocycles. The number of aldehydes is 1. The first-order valence-electron chi connectivity index (χ1n) is 4.78. The van der Waals surface area contributed by atoms with Crippen LogP contribution < -0.4 is 0 Å². The molecule has 0 amide bonds. The molecule has 2 aromatic heterocycles. The van der Waals surface area contributed by atoms with Crippen molar-refractivity contribution in [2.75, 3.05) is 0 Å². The zero-order valence-electron chi connectivity index (χ0n) is 8.21. The molecule has 0 unspecified atom stereocenters. The van der Waals surface area contributed by atoms with Crippen LogP contribution in [0.5, 0.6) is 0 Å². The van der Waals surface area contributed by atoms with Crippen molar-refractivity contribution in [3.05, 3.63) is 41.3 Å². The van der Waals surface area contributed by atoms with Gasteiger partial charge < -0.3 is 0 Å². The number of hydrogen-bond donors (Lipinski definition) is 0. The van der Waals surface area contributed by atoms with E-state index in [9.17, 15) is 4.79 Å². The average molecular weight is 245 g/mol. The molecular weight excluding hydrogens is 238 g/mol. The Bertz CT molecular complexity index is 608. The number of carbonyl (C=O) groups is 1. The van der Waals surface area contributed by atoms with Gasteiger partial charge in [-0.25, -0.2) is 4.98 Å². The van der Waals surface area contributed by atoms with E-state index in [1.165, 1.54) is 11.3 Å². The van der Waals surface area contributed by atoms with E-state index in [0.717, 1.165) is 31.3 Å². The molecule has 0 aliphatic heterocycles. The highest BCUT2D eigenvalue weighted by atomic mass is 32.2. The van der Waals surface area contributed by atoms with Gasteiger partial charge in [-0.05, 0) is 6.07 Å². The number of benzene rings is 1. The minimum atomic E-state index is 0.744. The van der Waals surface area contributed by atoms with E-state index in [4.69, 9.17) is 0 Å². The van der Waals surface area contributed by atoms with Crippen molar-refractivity contribution in [3.8, 4) is 10.6 Å². The molecule has 0 spiro atoms. The van der Waals surface area contributed by atoms with E-state index in [1.807, 2.05) is 36.4 Å². The lowest BCUT2D eigenvalue weighted by Crippen LogP contribution is -1.73. The van der Waals surface area contributed by atoms with Gasteiger partial charge in [-0.1, -0.05) is 30.3 Å². The molecule has 2 heterocycles. The van der Waals surface area contributed by atoms with Crippen molar-refractivity contribution in [3.63, 3.8) is 0 Å². The van der Waals surface area contributed by atoms with Crippen molar-refractivity contribution in [1.82, 2.24) is 4.98 Å². The van der Waals surface area contributed by atoms with Gasteiger partial charge >= 0.3 is 0 Å². The van der Waals surface area contributed by atoms with Gasteiger partial charge in [0.2, 0.25) is 0 Å². The van der Waals surface area contributed by atoms with Crippen LogP contribution in [-0.2, 0) is 0 Å². The van der Waals surface area contributed by atoms with Crippen molar-refractivity contribution in [2.24, 2.45) is 0 Å². The van der Waals surface area contributed by atoms with Crippen LogP contribution >= 0.6 is 22.7 Å². The van der Waals surface area contributed by atoms with Gasteiger partial charge in [-0.3, -0.25) is 4.79 Å². The first kappa shape index (κ1) is 9.69. The molecule has 16 heavy (non-hydrogen) atoms. The maximum atomic E-state index is 10.6. The molecule has 0 bridgehead atoms. The Morgan fingerprint density at radius 3 is 2.62 bits per heavy atom. The van der Waals surface area contributed by atoms with Crippen molar-refractivity contribution in [1.29, 1.82) is 0 Å². The van der Waals surface area contributed by atoms with Crippen molar-refractivity contribution in [2.45, 2.75) is 0 Å². The Morgan fingerprint density at radius 1 is 1.12 bits per heavy atom. The fourth-order valence-corrected chi connectivity index (χ4v) is 3.63. The van der Waals surface area contributed by atoms with Gasteiger partial charge in [0.25, 0.3) is 0 Å². The van der Waals surface area contributed by atoms with E-state index in [1.54, 1.807) is 11.3 Å². The van der Waals surface area contributed by atoms with Crippen molar-refractivity contribution < 1.29 is 4.79 Å². The summed E-state index contributed by atoms with van der Waals surface area (Å²) in [4.78, 5) is 15.9. The first-order valence-corrected chi connectivity index (χ1v) is 6.41. The number of rotatable bonds is 2. The Hall–Kier alpha value is -1.52. The molecule has 78 valence electrons. The van der Waals surface area contributed by atoms with Crippen LogP contribution in [0.15, 0.2) is 36.4 Å². The molecule has 4 heteroatoms. The highest BCUT2D eigenvalue weighted by Crippen LogP contribution is 2.34. The van der Waals surface area contributed by atoms with E-state index < -0.39 is 0 Å². The molecule has 0 N–H and O–H groups in total. The second-order valence-electron chi connectivity index (χ2n) is 3.32. The molecule has 1 aromatic carbocycles. The number of carbonyl (C=O) groups excluding carboxylic acids is 1. The third-order valence-corrected chi connectivity index (χ3v) is 4.51. The number of nitrogens with zero attached hydrogens (tertiary/aromatic N) is 1. The zero-order chi connectivity index (χ0) is 11.0. The third-order valence-electron chi connectivity index (χ3n) is 2.25. The average Bonchev–Trinajstić information content (AvgIpc) is 2.87. The second kappa shape index (κ2) is 3.81. The Kier molecular flexibility index (Phi) is 2.31. The standard InChI is InChI=1S/C12H7NOS2/c14-7-9-6-10-12(15-9)16-11(13-10)8-4-2-1-3-5-8/h1-7H. The highest BCUT2D eigenvalue weighted by molar-refractivity contribution is 7.40. The molecule has 2 nitrogen and oxygen atoms in total. The van der Waals surface area contributed by atoms with E-state index in [2.05, 4.69) is 4.98 Å². The van der Waals surface area contributed by atoms with E-state index >= 15 is 0 Å². The molecule has 0 saturated carbocycles. The Balaban J connectivity index is 2.13. The van der Waals surface area contributed by atoms with Gasteiger partial charge in [0.05, 0.1) is 10.4 Å². The summed E-state index contributed by atoms with van der Waals surface area (Å²) < 4.78 is 1.11. The minimum absolute atomic E-state index is 0.744. The van der Waals surface area contributed by atoms with Gasteiger partial charge in [-0.2, -0.15) is 0 Å². The topological polar surface area (TPSA) is 30.0 Å². The predicted octanol–water partition coefficient (Wildman–Crippen LogP) is 3.84. The Morgan fingerprint density at radius 2 is 1.94 bits per heavy atom. The Labute approximate surface area is 100 Å². The summed E-state index contributed by atoms with van der Waals surface area (Å²) in [7, 11) is 0. The van der Waals surface area contributed by atoms with E-state index in [0.29, 0.717) is 0 Å². The van der Waals surface area contributed by atoms with Crippen LogP contribution in [-0.4, -0.2) is 11.3 Å². The van der Waals surface area contributed by atoms with Crippen LogP contribution in [0.4, 0.5) is 0 Å². The molecule has 3 aromatic rings. The predicted molar refractivity (Wildman–Crippen MR) is 68.3 cm³/mol. The summed E-state index contributed by atoms with van der Waals surface area (Å²) in [6.07, 6.45) is 0.876. The van der Waals surface area contributed by atoms with Gasteiger partial charge in [-0.15, -0.1) is 22.7 Å². The quantitative estimate of drug-likeness (QED) is 0.642. The molecule has 0 radical (unpaired) electrons. The third kappa shape index (κ3) is 1.56. The summed E-state index contributed by atoms with van der Waals surface area (Å²) in [6, 6.07) is 11.9. The number of fused-ring (bicyclic) bond motifs is 1. The first-order chi connectivity index (χ1) is 7.86. The minimum Gasteiger partial charge on any atom is -0.297 e. The number of thiazole rings is 1. The number of aromatic nitrogens is 1. The fraction of sp³-hybridized carbons (Fsp3) is 0. The summed E-state index contributed by atoms with van der Waals surface area (Å²) in [5.41, 5.74) is 2.06. The molecule has 3 rings (SSSR count). The van der Waals surface area contributed by atoms with Crippen LogP contribution in [0.3, 0.4) is 0 Å². The fourth-order valence-electron chi connectivity index (χ4n) is 1.52. The van der Waals surface area contributed by atoms with Gasteiger partial charge in [0.15, 0.2) is 6.29 Å². The summed E-state index contributed by atoms with van der Waals surface area (Å²) in [6.45, 7) is 0. The zero-order valence-corrected chi connectivity index (χ0v) is 9.85. The number of thiophene rings is 1. The lowest BCUT2D eigenvalue weighted by atomic mass is 10.2. The monoisotopic (exact) mass is 245 g/mol. The molecule has 0 fully saturated rings. The number of hydrogen-bond acceptors (Lipinski definition) is 4. The second-order valence-corrected chi connectivity index (χ2v) is 5.67. The normalized spacial score (nSPS) is 10.8. The highest BCUT2D eigenvalue weighted by Gasteiger charge is 2.09. The van der Waals surface area contributed by atoms with E-state index in [-0.39, 0.29) is 0 Å². The maximum Gasteiger partial charge on any atom is 0.160 e.